The molecule has 0 atom stereocenters. The highest BCUT2D eigenvalue weighted by Crippen LogP contribution is 2.38. The van der Waals surface area contributed by atoms with Crippen LogP contribution in [0.4, 0.5) is 0 Å². The summed E-state index contributed by atoms with van der Waals surface area (Å²) in [6, 6.07) is 0. The molecular formula is C12H21ClO4. The molecule has 0 saturated heterocycles. The van der Waals surface area contributed by atoms with Gasteiger partial charge in [-0.1, -0.05) is 32.6 Å². The second-order valence-corrected chi connectivity index (χ2v) is 4.67. The van der Waals surface area contributed by atoms with E-state index in [9.17, 15) is 9.59 Å². The van der Waals surface area contributed by atoms with Crippen LogP contribution in [0.15, 0.2) is 0 Å². The van der Waals surface area contributed by atoms with Crippen molar-refractivity contribution in [3.63, 3.8) is 0 Å². The lowest BCUT2D eigenvalue weighted by Gasteiger charge is -2.16. The zero-order valence-electron chi connectivity index (χ0n) is 10.2. The number of alkyl halides is 1. The first-order chi connectivity index (χ1) is 8.01. The molecule has 0 aromatic heterocycles. The average molecular weight is 265 g/mol. The topological polar surface area (TPSA) is 74.6 Å². The van der Waals surface area contributed by atoms with Crippen LogP contribution in [0.2, 0.25) is 0 Å². The third kappa shape index (κ3) is 4.94. The number of carboxylic acid groups (broad SMARTS) is 2. The highest BCUT2D eigenvalue weighted by atomic mass is 35.5. The van der Waals surface area contributed by atoms with Gasteiger partial charge in [-0.3, -0.25) is 9.59 Å². The van der Waals surface area contributed by atoms with E-state index < -0.39 is 17.4 Å². The molecule has 0 bridgehead atoms. The van der Waals surface area contributed by atoms with Crippen LogP contribution < -0.4 is 0 Å². The first-order valence-electron chi connectivity index (χ1n) is 6.04. The number of hydrogen-bond acceptors (Lipinski definition) is 2. The molecule has 1 aliphatic carbocycles. The van der Waals surface area contributed by atoms with Crippen LogP contribution in [-0.2, 0) is 9.59 Å². The molecule has 0 unspecified atom stereocenters. The number of aliphatic carboxylic acids is 2. The van der Waals surface area contributed by atoms with Crippen LogP contribution in [-0.4, -0.2) is 28.0 Å². The Morgan fingerprint density at radius 1 is 1.12 bits per heavy atom. The molecule has 0 radical (unpaired) electrons. The highest BCUT2D eigenvalue weighted by Gasteiger charge is 2.48. The van der Waals surface area contributed by atoms with E-state index in [1.54, 1.807) is 0 Å². The van der Waals surface area contributed by atoms with Gasteiger partial charge in [-0.15, -0.1) is 11.6 Å². The number of carboxylic acids is 2. The van der Waals surface area contributed by atoms with Crippen molar-refractivity contribution in [3.8, 4) is 0 Å². The maximum Gasteiger partial charge on any atom is 0.321 e. The van der Waals surface area contributed by atoms with Crippen molar-refractivity contribution in [2.75, 3.05) is 5.88 Å². The summed E-state index contributed by atoms with van der Waals surface area (Å²) in [5, 5.41) is 17.3. The standard InChI is InChI=1S/C7H10O4.C5H11Cl/c8-5(9)7(6(10)11)3-1-2-4-7;1-2-3-4-5-6/h1-4H2,(H,8,9)(H,10,11);2-5H2,1H3. The van der Waals surface area contributed by atoms with Gasteiger partial charge < -0.3 is 10.2 Å². The molecule has 5 heteroatoms. The smallest absolute Gasteiger partial charge is 0.321 e. The number of carbonyl (C=O) groups is 2. The van der Waals surface area contributed by atoms with Gasteiger partial charge in [0, 0.05) is 5.88 Å². The predicted octanol–water partition coefficient (Wildman–Crippen LogP) is 3.13. The Morgan fingerprint density at radius 3 is 1.76 bits per heavy atom. The SMILES string of the molecule is CCCCCCl.O=C(O)C1(C(=O)O)CCCC1. The van der Waals surface area contributed by atoms with E-state index in [0.29, 0.717) is 12.8 Å². The highest BCUT2D eigenvalue weighted by molar-refractivity contribution is 6.17. The molecule has 1 rings (SSSR count). The maximum atomic E-state index is 10.6. The van der Waals surface area contributed by atoms with E-state index in [1.807, 2.05) is 0 Å². The lowest BCUT2D eigenvalue weighted by Crippen LogP contribution is -2.36. The summed E-state index contributed by atoms with van der Waals surface area (Å²) in [7, 11) is 0. The molecule has 2 N–H and O–H groups in total. The van der Waals surface area contributed by atoms with Crippen LogP contribution in [0.5, 0.6) is 0 Å². The second-order valence-electron chi connectivity index (χ2n) is 4.30. The van der Waals surface area contributed by atoms with Gasteiger partial charge >= 0.3 is 11.9 Å². The Labute approximate surface area is 107 Å². The number of hydrogen-bond donors (Lipinski definition) is 2. The van der Waals surface area contributed by atoms with Crippen LogP contribution in [0.1, 0.15) is 51.9 Å². The molecule has 4 nitrogen and oxygen atoms in total. The average Bonchev–Trinajstić information content (AvgIpc) is 2.77. The third-order valence-corrected chi connectivity index (χ3v) is 3.28. The molecular weight excluding hydrogens is 244 g/mol. The van der Waals surface area contributed by atoms with Crippen molar-refractivity contribution in [3.05, 3.63) is 0 Å². The first kappa shape index (κ1) is 16.2. The number of halogens is 1. The van der Waals surface area contributed by atoms with Crippen molar-refractivity contribution < 1.29 is 19.8 Å². The summed E-state index contributed by atoms with van der Waals surface area (Å²) < 4.78 is 0. The zero-order chi connectivity index (χ0) is 13.3. The number of unbranched alkanes of at least 4 members (excludes halogenated alkanes) is 2. The summed E-state index contributed by atoms with van der Waals surface area (Å²) >= 11 is 5.38. The van der Waals surface area contributed by atoms with Gasteiger partial charge in [0.05, 0.1) is 0 Å². The van der Waals surface area contributed by atoms with E-state index in [2.05, 4.69) is 6.92 Å². The van der Waals surface area contributed by atoms with Crippen molar-refractivity contribution in [1.29, 1.82) is 0 Å². The summed E-state index contributed by atoms with van der Waals surface area (Å²) in [5.41, 5.74) is -1.47. The summed E-state index contributed by atoms with van der Waals surface area (Å²) in [6.45, 7) is 2.17. The Kier molecular flexibility index (Phi) is 7.96. The van der Waals surface area contributed by atoms with Gasteiger partial charge in [-0.25, -0.2) is 0 Å². The van der Waals surface area contributed by atoms with Crippen molar-refractivity contribution in [2.24, 2.45) is 5.41 Å². The normalized spacial score (nSPS) is 17.1. The molecule has 0 spiro atoms. The molecule has 0 heterocycles. The van der Waals surface area contributed by atoms with Crippen LogP contribution in [0.25, 0.3) is 0 Å². The third-order valence-electron chi connectivity index (χ3n) is 3.01. The van der Waals surface area contributed by atoms with Gasteiger partial charge in [0.25, 0.3) is 0 Å². The fourth-order valence-electron chi connectivity index (χ4n) is 1.84. The second kappa shape index (κ2) is 8.34. The largest absolute Gasteiger partial charge is 0.480 e. The van der Waals surface area contributed by atoms with Crippen LogP contribution >= 0.6 is 11.6 Å². The van der Waals surface area contributed by atoms with Crippen molar-refractivity contribution in [1.82, 2.24) is 0 Å². The van der Waals surface area contributed by atoms with Gasteiger partial charge in [0.15, 0.2) is 5.41 Å². The predicted molar refractivity (Wildman–Crippen MR) is 66.4 cm³/mol. The lowest BCUT2D eigenvalue weighted by atomic mass is 9.87. The monoisotopic (exact) mass is 264 g/mol. The van der Waals surface area contributed by atoms with Gasteiger partial charge in [-0.05, 0) is 19.3 Å². The fraction of sp³-hybridized carbons (Fsp3) is 0.833. The summed E-state index contributed by atoms with van der Waals surface area (Å²) in [6.07, 6.45) is 5.70. The molecule has 17 heavy (non-hydrogen) atoms. The zero-order valence-corrected chi connectivity index (χ0v) is 11.0. The van der Waals surface area contributed by atoms with Gasteiger partial charge in [-0.2, -0.15) is 0 Å². The van der Waals surface area contributed by atoms with Crippen molar-refractivity contribution in [2.45, 2.75) is 51.9 Å². The van der Waals surface area contributed by atoms with Crippen LogP contribution in [0, 0.1) is 5.41 Å². The quantitative estimate of drug-likeness (QED) is 0.454. The molecule has 1 fully saturated rings. The number of rotatable bonds is 5. The Morgan fingerprint density at radius 2 is 1.59 bits per heavy atom. The summed E-state index contributed by atoms with van der Waals surface area (Å²) in [4.78, 5) is 21.2. The van der Waals surface area contributed by atoms with Gasteiger partial charge in [0.1, 0.15) is 0 Å². The van der Waals surface area contributed by atoms with E-state index in [4.69, 9.17) is 21.8 Å². The fourth-order valence-corrected chi connectivity index (χ4v) is 2.03. The Balaban J connectivity index is 0.000000366. The molecule has 0 aromatic carbocycles. The molecule has 0 aromatic rings. The van der Waals surface area contributed by atoms with E-state index in [1.165, 1.54) is 19.3 Å². The van der Waals surface area contributed by atoms with Crippen LogP contribution in [0.3, 0.4) is 0 Å². The Hall–Kier alpha value is -0.770. The van der Waals surface area contributed by atoms with E-state index >= 15 is 0 Å². The lowest BCUT2D eigenvalue weighted by molar-refractivity contribution is -0.164. The van der Waals surface area contributed by atoms with E-state index in [0.717, 1.165) is 5.88 Å². The van der Waals surface area contributed by atoms with E-state index in [-0.39, 0.29) is 12.8 Å². The molecule has 100 valence electrons. The maximum absolute atomic E-state index is 10.6. The molecule has 1 saturated carbocycles. The minimum absolute atomic E-state index is 0.275. The first-order valence-corrected chi connectivity index (χ1v) is 6.57. The van der Waals surface area contributed by atoms with Gasteiger partial charge in [0.2, 0.25) is 0 Å². The minimum atomic E-state index is -1.47. The molecule has 0 amide bonds. The molecule has 0 aliphatic heterocycles. The van der Waals surface area contributed by atoms with Crippen molar-refractivity contribution >= 4 is 23.5 Å². The Bertz CT molecular complexity index is 227. The molecule has 1 aliphatic rings. The summed E-state index contributed by atoms with van der Waals surface area (Å²) in [5.74, 6) is -1.56. The minimum Gasteiger partial charge on any atom is -0.480 e.